The fourth-order valence-electron chi connectivity index (χ4n) is 3.00. The highest BCUT2D eigenvalue weighted by atomic mass is 32.2. The number of carbonyl (C=O) groups excluding carboxylic acids is 3. The van der Waals surface area contributed by atoms with Crippen LogP contribution in [0.15, 0.2) is 24.3 Å². The van der Waals surface area contributed by atoms with Gasteiger partial charge in [0.2, 0.25) is 17.7 Å². The molecule has 140 valence electrons. The quantitative estimate of drug-likeness (QED) is 0.846. The van der Waals surface area contributed by atoms with Gasteiger partial charge in [0.15, 0.2) is 0 Å². The van der Waals surface area contributed by atoms with Gasteiger partial charge in [0.25, 0.3) is 0 Å². The maximum atomic E-state index is 12.7. The first-order chi connectivity index (χ1) is 12.3. The van der Waals surface area contributed by atoms with Crippen LogP contribution >= 0.6 is 11.8 Å². The molecule has 3 amide bonds. The minimum Gasteiger partial charge on any atom is -0.497 e. The molecule has 2 saturated heterocycles. The number of amides is 3. The van der Waals surface area contributed by atoms with E-state index in [1.54, 1.807) is 18.1 Å². The molecule has 1 aromatic carbocycles. The van der Waals surface area contributed by atoms with Crippen LogP contribution in [-0.4, -0.2) is 65.9 Å². The van der Waals surface area contributed by atoms with Crippen molar-refractivity contribution < 1.29 is 19.1 Å². The largest absolute Gasteiger partial charge is 0.497 e. The number of piperazine rings is 1. The number of nitrogens with zero attached hydrogens (tertiary/aromatic N) is 2. The van der Waals surface area contributed by atoms with Crippen molar-refractivity contribution in [3.63, 3.8) is 0 Å². The number of hydrogen-bond donors (Lipinski definition) is 1. The Morgan fingerprint density at radius 3 is 2.73 bits per heavy atom. The third-order valence-corrected chi connectivity index (χ3v) is 6.07. The van der Waals surface area contributed by atoms with E-state index in [0.717, 1.165) is 5.69 Å². The predicted octanol–water partition coefficient (Wildman–Crippen LogP) is 0.881. The molecule has 2 fully saturated rings. The first-order valence-electron chi connectivity index (χ1n) is 8.50. The summed E-state index contributed by atoms with van der Waals surface area (Å²) in [7, 11) is 1.58. The fourth-order valence-corrected chi connectivity index (χ4v) is 4.00. The average Bonchev–Trinajstić information content (AvgIpc) is 2.63. The summed E-state index contributed by atoms with van der Waals surface area (Å²) in [5, 5.41) is 2.78. The van der Waals surface area contributed by atoms with Crippen LogP contribution in [0.25, 0.3) is 0 Å². The zero-order valence-corrected chi connectivity index (χ0v) is 16.0. The molecule has 1 aromatic rings. The van der Waals surface area contributed by atoms with E-state index in [4.69, 9.17) is 4.74 Å². The van der Waals surface area contributed by atoms with Gasteiger partial charge in [0, 0.05) is 30.6 Å². The van der Waals surface area contributed by atoms with E-state index in [1.165, 1.54) is 16.7 Å². The second-order valence-corrected chi connectivity index (χ2v) is 8.50. The lowest BCUT2D eigenvalue weighted by atomic mass is 10.1. The van der Waals surface area contributed by atoms with E-state index in [0.29, 0.717) is 24.6 Å². The van der Waals surface area contributed by atoms with Crippen molar-refractivity contribution in [3.05, 3.63) is 24.3 Å². The van der Waals surface area contributed by atoms with Gasteiger partial charge < -0.3 is 19.9 Å². The summed E-state index contributed by atoms with van der Waals surface area (Å²) < 4.78 is 4.67. The highest BCUT2D eigenvalue weighted by Crippen LogP contribution is 2.30. The number of methoxy groups -OCH3 is 1. The molecule has 0 spiro atoms. The van der Waals surface area contributed by atoms with Gasteiger partial charge in [-0.3, -0.25) is 14.4 Å². The number of thioether (sulfide) groups is 1. The average molecular weight is 377 g/mol. The topological polar surface area (TPSA) is 79.0 Å². The number of carbonyl (C=O) groups is 3. The molecule has 3 rings (SSSR count). The molecular formula is C18H23N3O4S. The maximum absolute atomic E-state index is 12.7. The molecule has 1 N–H and O–H groups in total. The van der Waals surface area contributed by atoms with Crippen molar-refractivity contribution in [1.82, 2.24) is 10.2 Å². The van der Waals surface area contributed by atoms with Crippen LogP contribution in [0.3, 0.4) is 0 Å². The number of rotatable bonds is 3. The molecule has 26 heavy (non-hydrogen) atoms. The zero-order chi connectivity index (χ0) is 18.9. The third-order valence-electron chi connectivity index (χ3n) is 4.66. The maximum Gasteiger partial charge on any atom is 0.246 e. The molecule has 1 unspecified atom stereocenters. The first-order valence-corrected chi connectivity index (χ1v) is 9.48. The van der Waals surface area contributed by atoms with Gasteiger partial charge >= 0.3 is 0 Å². The molecule has 8 heteroatoms. The smallest absolute Gasteiger partial charge is 0.246 e. The lowest BCUT2D eigenvalue weighted by Gasteiger charge is -2.38. The number of benzene rings is 1. The van der Waals surface area contributed by atoms with Crippen LogP contribution in [0.1, 0.15) is 13.8 Å². The lowest BCUT2D eigenvalue weighted by Crippen LogP contribution is -2.61. The first kappa shape index (κ1) is 18.6. The van der Waals surface area contributed by atoms with E-state index < -0.39 is 10.8 Å². The Kier molecular flexibility index (Phi) is 5.13. The van der Waals surface area contributed by atoms with Crippen LogP contribution < -0.4 is 15.0 Å². The van der Waals surface area contributed by atoms with Crippen molar-refractivity contribution >= 4 is 35.2 Å². The Bertz CT molecular complexity index is 737. The van der Waals surface area contributed by atoms with Gasteiger partial charge in [-0.15, -0.1) is 11.8 Å². The standard InChI is InChI=1S/C18H23N3O4S/c1-18(2)17(24)19-14(11-26-18)16(23)20-7-8-21(15(22)10-20)12-5-4-6-13(9-12)25-3/h4-6,9,14H,7-8,10-11H2,1-3H3,(H,19,24). The van der Waals surface area contributed by atoms with E-state index in [9.17, 15) is 14.4 Å². The summed E-state index contributed by atoms with van der Waals surface area (Å²) in [4.78, 5) is 40.5. The van der Waals surface area contributed by atoms with Crippen molar-refractivity contribution in [1.29, 1.82) is 0 Å². The molecule has 7 nitrogen and oxygen atoms in total. The Balaban J connectivity index is 1.64. The van der Waals surface area contributed by atoms with Gasteiger partial charge in [-0.2, -0.15) is 0 Å². The second kappa shape index (κ2) is 7.19. The minimum atomic E-state index is -0.573. The summed E-state index contributed by atoms with van der Waals surface area (Å²) in [6.07, 6.45) is 0. The number of hydrogen-bond acceptors (Lipinski definition) is 5. The molecule has 2 aliphatic rings. The molecule has 2 heterocycles. The van der Waals surface area contributed by atoms with Gasteiger partial charge in [0.05, 0.1) is 11.9 Å². The molecule has 0 saturated carbocycles. The van der Waals surface area contributed by atoms with E-state index >= 15 is 0 Å². The molecule has 0 aromatic heterocycles. The Hall–Kier alpha value is -2.22. The highest BCUT2D eigenvalue weighted by molar-refractivity contribution is 8.01. The van der Waals surface area contributed by atoms with Crippen LogP contribution in [0, 0.1) is 0 Å². The Labute approximate surface area is 157 Å². The lowest BCUT2D eigenvalue weighted by molar-refractivity contribution is -0.140. The Morgan fingerprint density at radius 1 is 1.31 bits per heavy atom. The summed E-state index contributed by atoms with van der Waals surface area (Å²) >= 11 is 1.46. The molecule has 0 aliphatic carbocycles. The predicted molar refractivity (Wildman–Crippen MR) is 100 cm³/mol. The van der Waals surface area contributed by atoms with Crippen molar-refractivity contribution in [2.75, 3.05) is 37.4 Å². The monoisotopic (exact) mass is 377 g/mol. The van der Waals surface area contributed by atoms with Crippen molar-refractivity contribution in [2.45, 2.75) is 24.6 Å². The summed E-state index contributed by atoms with van der Waals surface area (Å²) in [6, 6.07) is 6.72. The highest BCUT2D eigenvalue weighted by Gasteiger charge is 2.40. The normalized spacial score (nSPS) is 22.8. The van der Waals surface area contributed by atoms with Crippen LogP contribution in [0.4, 0.5) is 5.69 Å². The van der Waals surface area contributed by atoms with Crippen molar-refractivity contribution in [2.24, 2.45) is 0 Å². The zero-order valence-electron chi connectivity index (χ0n) is 15.2. The Morgan fingerprint density at radius 2 is 2.08 bits per heavy atom. The number of nitrogens with one attached hydrogen (secondary N) is 1. The minimum absolute atomic E-state index is 0.0104. The van der Waals surface area contributed by atoms with Gasteiger partial charge in [-0.05, 0) is 26.0 Å². The third kappa shape index (κ3) is 3.65. The van der Waals surface area contributed by atoms with Gasteiger partial charge in [-0.1, -0.05) is 6.07 Å². The van der Waals surface area contributed by atoms with Crippen molar-refractivity contribution in [3.8, 4) is 5.75 Å². The molecular weight excluding hydrogens is 354 g/mol. The second-order valence-electron chi connectivity index (χ2n) is 6.85. The van der Waals surface area contributed by atoms with Crippen LogP contribution in [0.5, 0.6) is 5.75 Å². The van der Waals surface area contributed by atoms with Crippen LogP contribution in [-0.2, 0) is 14.4 Å². The molecule has 0 bridgehead atoms. The van der Waals surface area contributed by atoms with Gasteiger partial charge in [-0.25, -0.2) is 0 Å². The summed E-state index contributed by atoms with van der Waals surface area (Å²) in [5.41, 5.74) is 0.754. The van der Waals surface area contributed by atoms with E-state index in [-0.39, 0.29) is 24.3 Å². The van der Waals surface area contributed by atoms with Crippen LogP contribution in [0.2, 0.25) is 0 Å². The summed E-state index contributed by atoms with van der Waals surface area (Å²) in [5.74, 6) is 0.710. The molecule has 1 atom stereocenters. The molecule has 2 aliphatic heterocycles. The van der Waals surface area contributed by atoms with E-state index in [2.05, 4.69) is 5.32 Å². The summed E-state index contributed by atoms with van der Waals surface area (Å²) in [6.45, 7) is 4.53. The number of anilines is 1. The van der Waals surface area contributed by atoms with Gasteiger partial charge in [0.1, 0.15) is 18.3 Å². The molecule has 0 radical (unpaired) electrons. The fraction of sp³-hybridized carbons (Fsp3) is 0.500. The SMILES string of the molecule is COc1cccc(N2CCN(C(=O)C3CSC(C)(C)C(=O)N3)CC2=O)c1. The number of ether oxygens (including phenoxy) is 1. The van der Waals surface area contributed by atoms with E-state index in [1.807, 2.05) is 32.0 Å².